The van der Waals surface area contributed by atoms with Crippen LogP contribution in [0.15, 0.2) is 152 Å². The van der Waals surface area contributed by atoms with Crippen LogP contribution in [0.3, 0.4) is 0 Å². The van der Waals surface area contributed by atoms with Gasteiger partial charge in [-0.1, -0.05) is 121 Å². The summed E-state index contributed by atoms with van der Waals surface area (Å²) < 4.78 is 0. The normalized spacial score (nSPS) is 11.5. The van der Waals surface area contributed by atoms with E-state index < -0.39 is 0 Å². The summed E-state index contributed by atoms with van der Waals surface area (Å²) in [5, 5.41) is 6.89. The van der Waals surface area contributed by atoms with E-state index in [9.17, 15) is 0 Å². The Morgan fingerprint density at radius 1 is 0.348 bits per heavy atom. The fourth-order valence-electron chi connectivity index (χ4n) is 6.38. The molecule has 0 saturated heterocycles. The number of rotatable bonds is 4. The van der Waals surface area contributed by atoms with Gasteiger partial charge in [0.05, 0.1) is 16.7 Å². The van der Waals surface area contributed by atoms with Gasteiger partial charge < -0.3 is 0 Å². The van der Waals surface area contributed by atoms with E-state index in [4.69, 9.17) is 19.9 Å². The highest BCUT2D eigenvalue weighted by molar-refractivity contribution is 6.28. The molecule has 0 fully saturated rings. The average molecular weight is 588 g/mol. The molecule has 9 aromatic rings. The molecular formula is C41H25N5. The van der Waals surface area contributed by atoms with Crippen LogP contribution < -0.4 is 0 Å². The second-order valence-corrected chi connectivity index (χ2v) is 11.3. The number of fused-ring (bicyclic) bond motifs is 7. The second kappa shape index (κ2) is 10.7. The number of aromatic nitrogens is 5. The maximum absolute atomic E-state index is 5.26. The van der Waals surface area contributed by atoms with E-state index in [1.54, 1.807) is 0 Å². The molecule has 0 unspecified atom stereocenters. The Bertz CT molecular complexity index is 2520. The fourth-order valence-corrected chi connectivity index (χ4v) is 6.38. The molecule has 0 aliphatic rings. The summed E-state index contributed by atoms with van der Waals surface area (Å²) in [5.74, 6) is 1.88. The van der Waals surface area contributed by atoms with Crippen LogP contribution in [0.4, 0.5) is 0 Å². The molecular weight excluding hydrogens is 562 g/mol. The third-order valence-corrected chi connectivity index (χ3v) is 8.52. The van der Waals surface area contributed by atoms with E-state index in [-0.39, 0.29) is 0 Å². The lowest BCUT2D eigenvalue weighted by atomic mass is 9.93. The quantitative estimate of drug-likeness (QED) is 0.192. The molecule has 5 heteroatoms. The van der Waals surface area contributed by atoms with Gasteiger partial charge in [0.1, 0.15) is 0 Å². The number of benzene rings is 6. The SMILES string of the molecule is c1ccc(-c2nc(-c3ccccc3)nc(-c3cccc(-c4nc5ccccc5c5c4ccc4ccc6ncccc6c45)c3)n2)cc1. The van der Waals surface area contributed by atoms with E-state index in [2.05, 4.69) is 77.8 Å². The summed E-state index contributed by atoms with van der Waals surface area (Å²) in [4.78, 5) is 24.7. The highest BCUT2D eigenvalue weighted by atomic mass is 15.0. The molecule has 0 saturated carbocycles. The molecule has 0 aliphatic heterocycles. The lowest BCUT2D eigenvalue weighted by molar-refractivity contribution is 1.07. The molecule has 9 rings (SSSR count). The van der Waals surface area contributed by atoms with Crippen LogP contribution in [0.1, 0.15) is 0 Å². The average Bonchev–Trinajstić information content (AvgIpc) is 3.14. The van der Waals surface area contributed by atoms with Crippen molar-refractivity contribution in [1.29, 1.82) is 0 Å². The lowest BCUT2D eigenvalue weighted by Crippen LogP contribution is -2.00. The Morgan fingerprint density at radius 2 is 0.935 bits per heavy atom. The molecule has 0 atom stereocenters. The van der Waals surface area contributed by atoms with Gasteiger partial charge in [0.2, 0.25) is 0 Å². The minimum absolute atomic E-state index is 0.613. The highest BCUT2D eigenvalue weighted by Gasteiger charge is 2.17. The predicted molar refractivity (Wildman–Crippen MR) is 187 cm³/mol. The Morgan fingerprint density at radius 3 is 1.70 bits per heavy atom. The second-order valence-electron chi connectivity index (χ2n) is 11.3. The maximum Gasteiger partial charge on any atom is 0.164 e. The van der Waals surface area contributed by atoms with Crippen molar-refractivity contribution < 1.29 is 0 Å². The summed E-state index contributed by atoms with van der Waals surface area (Å²) in [7, 11) is 0. The minimum Gasteiger partial charge on any atom is -0.256 e. The van der Waals surface area contributed by atoms with Crippen molar-refractivity contribution in [3.8, 4) is 45.4 Å². The number of hydrogen-bond acceptors (Lipinski definition) is 5. The van der Waals surface area contributed by atoms with Gasteiger partial charge in [-0.3, -0.25) is 4.98 Å². The van der Waals surface area contributed by atoms with Crippen LogP contribution in [0.25, 0.3) is 88.8 Å². The largest absolute Gasteiger partial charge is 0.256 e. The molecule has 0 amide bonds. The fraction of sp³-hybridized carbons (Fsp3) is 0. The van der Waals surface area contributed by atoms with Gasteiger partial charge in [-0.05, 0) is 35.0 Å². The summed E-state index contributed by atoms with van der Waals surface area (Å²) >= 11 is 0. The lowest BCUT2D eigenvalue weighted by Gasteiger charge is -2.14. The first kappa shape index (κ1) is 26.1. The van der Waals surface area contributed by atoms with Crippen molar-refractivity contribution in [2.45, 2.75) is 0 Å². The monoisotopic (exact) mass is 587 g/mol. The number of hydrogen-bond donors (Lipinski definition) is 0. The van der Waals surface area contributed by atoms with E-state index in [0.717, 1.165) is 55.1 Å². The van der Waals surface area contributed by atoms with Gasteiger partial charge in [-0.25, -0.2) is 19.9 Å². The molecule has 0 N–H and O–H groups in total. The standard InChI is InChI=1S/C41H25N5/c1-3-11-27(12-4-1)39-44-40(28-13-5-2-6-14-28)46-41(45-39)30-16-9-15-29(25-30)38-33-22-20-26-21-23-34-31(18-10-24-42-34)36(26)37(33)32-17-7-8-19-35(32)43-38/h1-25H. The minimum atomic E-state index is 0.613. The van der Waals surface area contributed by atoms with Crippen LogP contribution in [-0.4, -0.2) is 24.9 Å². The van der Waals surface area contributed by atoms with E-state index in [1.165, 1.54) is 16.2 Å². The van der Waals surface area contributed by atoms with Crippen LogP contribution in [0, 0.1) is 0 Å². The van der Waals surface area contributed by atoms with Crippen molar-refractivity contribution in [2.24, 2.45) is 0 Å². The van der Waals surface area contributed by atoms with E-state index >= 15 is 0 Å². The zero-order valence-corrected chi connectivity index (χ0v) is 24.7. The molecule has 6 aromatic carbocycles. The van der Waals surface area contributed by atoms with Gasteiger partial charge in [-0.2, -0.15) is 0 Å². The zero-order chi connectivity index (χ0) is 30.5. The number of pyridine rings is 2. The molecule has 214 valence electrons. The van der Waals surface area contributed by atoms with Crippen molar-refractivity contribution in [3.63, 3.8) is 0 Å². The zero-order valence-electron chi connectivity index (χ0n) is 24.7. The van der Waals surface area contributed by atoms with Crippen LogP contribution in [-0.2, 0) is 0 Å². The molecule has 46 heavy (non-hydrogen) atoms. The molecule has 5 nitrogen and oxygen atoms in total. The van der Waals surface area contributed by atoms with Gasteiger partial charge in [0.15, 0.2) is 17.5 Å². The Balaban J connectivity index is 1.29. The molecule has 3 heterocycles. The Labute approximate surface area is 264 Å². The topological polar surface area (TPSA) is 64.5 Å². The first-order chi connectivity index (χ1) is 22.8. The van der Waals surface area contributed by atoms with Crippen LogP contribution in [0.2, 0.25) is 0 Å². The van der Waals surface area contributed by atoms with Gasteiger partial charge >= 0.3 is 0 Å². The highest BCUT2D eigenvalue weighted by Crippen LogP contribution is 2.40. The molecule has 3 aromatic heterocycles. The number of nitrogens with zero attached hydrogens (tertiary/aromatic N) is 5. The van der Waals surface area contributed by atoms with Crippen molar-refractivity contribution in [2.75, 3.05) is 0 Å². The third kappa shape index (κ3) is 4.37. The summed E-state index contributed by atoms with van der Waals surface area (Å²) in [5.41, 5.74) is 6.61. The predicted octanol–water partition coefficient (Wildman–Crippen LogP) is 9.94. The van der Waals surface area contributed by atoms with Crippen LogP contribution >= 0.6 is 0 Å². The Kier molecular flexibility index (Phi) is 6.06. The van der Waals surface area contributed by atoms with Gasteiger partial charge in [0.25, 0.3) is 0 Å². The van der Waals surface area contributed by atoms with Gasteiger partial charge in [-0.15, -0.1) is 0 Å². The van der Waals surface area contributed by atoms with E-state index in [1.807, 2.05) is 79.0 Å². The molecule has 0 aliphatic carbocycles. The van der Waals surface area contributed by atoms with Gasteiger partial charge in [0, 0.05) is 50.0 Å². The first-order valence-corrected chi connectivity index (χ1v) is 15.3. The third-order valence-electron chi connectivity index (χ3n) is 8.52. The van der Waals surface area contributed by atoms with Crippen LogP contribution in [0.5, 0.6) is 0 Å². The smallest absolute Gasteiger partial charge is 0.164 e. The van der Waals surface area contributed by atoms with Crippen molar-refractivity contribution in [1.82, 2.24) is 24.9 Å². The summed E-state index contributed by atoms with van der Waals surface area (Å²) in [6.45, 7) is 0. The Hall–Kier alpha value is -6.33. The van der Waals surface area contributed by atoms with E-state index in [0.29, 0.717) is 17.5 Å². The summed E-state index contributed by atoms with van der Waals surface area (Å²) in [6, 6.07) is 49.7. The molecule has 0 bridgehead atoms. The van der Waals surface area contributed by atoms with Crippen molar-refractivity contribution >= 4 is 43.4 Å². The maximum atomic E-state index is 5.26. The molecule has 0 spiro atoms. The van der Waals surface area contributed by atoms with Crippen molar-refractivity contribution in [3.05, 3.63) is 152 Å². The summed E-state index contributed by atoms with van der Waals surface area (Å²) in [6.07, 6.45) is 1.85. The first-order valence-electron chi connectivity index (χ1n) is 15.3. The molecule has 0 radical (unpaired) electrons. The number of para-hydroxylation sites is 1.